The van der Waals surface area contributed by atoms with Crippen molar-refractivity contribution in [2.24, 2.45) is 0 Å². The van der Waals surface area contributed by atoms with E-state index in [1.165, 1.54) is 83.5 Å². The summed E-state index contributed by atoms with van der Waals surface area (Å²) < 4.78 is 28.8. The molecule has 0 aromatic carbocycles. The van der Waals surface area contributed by atoms with Gasteiger partial charge in [-0.05, 0) is 12.8 Å². The normalized spacial score (nSPS) is 11.5. The minimum Gasteiger partial charge on any atom is -1.00 e. The Morgan fingerprint density at radius 3 is 1.30 bits per heavy atom. The molecular weight excluding hydrogens is 367 g/mol. The third-order valence-corrected chi connectivity index (χ3v) is 6.32. The number of unbranched alkanes of at least 4 members (excludes halogenated alkanes) is 16. The summed E-state index contributed by atoms with van der Waals surface area (Å²) in [6.45, 7) is 4.83. The minimum absolute atomic E-state index is 0. The first-order valence-electron chi connectivity index (χ1n) is 11.5. The van der Waals surface area contributed by atoms with Crippen molar-refractivity contribution in [3.05, 3.63) is 0 Å². The van der Waals surface area contributed by atoms with Crippen LogP contribution in [-0.2, 0) is 14.3 Å². The molecule has 3 nitrogen and oxygen atoms in total. The number of rotatable bonds is 21. The molecule has 0 radical (unpaired) electrons. The van der Waals surface area contributed by atoms with Gasteiger partial charge in [-0.1, -0.05) is 117 Å². The summed E-state index contributed by atoms with van der Waals surface area (Å²) in [5, 5.41) is 0. The van der Waals surface area contributed by atoms with E-state index in [1.54, 1.807) is 0 Å². The summed E-state index contributed by atoms with van der Waals surface area (Å²) in [5.41, 5.74) is 0. The van der Waals surface area contributed by atoms with Crippen LogP contribution >= 0.6 is 0 Å². The van der Waals surface area contributed by atoms with Crippen molar-refractivity contribution in [3.63, 3.8) is 0 Å². The molecule has 5 heteroatoms. The van der Waals surface area contributed by atoms with Gasteiger partial charge in [0, 0.05) is 0 Å². The van der Waals surface area contributed by atoms with Gasteiger partial charge < -0.3 is 1.43 Å². The van der Waals surface area contributed by atoms with E-state index in [2.05, 4.69) is 13.8 Å². The van der Waals surface area contributed by atoms with Crippen LogP contribution in [0.1, 0.15) is 131 Å². The maximum atomic E-state index is 11.8. The van der Waals surface area contributed by atoms with E-state index in [0.717, 1.165) is 32.1 Å². The van der Waals surface area contributed by atoms with E-state index in [1.807, 2.05) is 0 Å². The van der Waals surface area contributed by atoms with E-state index in [-0.39, 0.29) is 36.7 Å². The van der Waals surface area contributed by atoms with Crippen LogP contribution in [0.25, 0.3) is 0 Å². The van der Waals surface area contributed by atoms with Crippen LogP contribution in [0.3, 0.4) is 0 Å². The van der Waals surface area contributed by atoms with E-state index in [4.69, 9.17) is 4.18 Å². The molecule has 0 aliphatic carbocycles. The molecule has 0 aromatic heterocycles. The second kappa shape index (κ2) is 23.2. The standard InChI is InChI=1S/C22H46O3S.Na.H/c1-3-5-7-9-11-12-13-14-15-17-19-21-25-26(23,24)22-20-18-16-10-8-6-4-2;;/h3-22H2,1-2H3;;/q;+1;-1. The Morgan fingerprint density at radius 1 is 0.556 bits per heavy atom. The predicted octanol–water partition coefficient (Wildman–Crippen LogP) is 4.51. The topological polar surface area (TPSA) is 43.4 Å². The van der Waals surface area contributed by atoms with Crippen LogP contribution in [0.2, 0.25) is 0 Å². The van der Waals surface area contributed by atoms with E-state index in [9.17, 15) is 8.42 Å². The summed E-state index contributed by atoms with van der Waals surface area (Å²) in [4.78, 5) is 0. The first-order valence-corrected chi connectivity index (χ1v) is 13.1. The van der Waals surface area contributed by atoms with Crippen molar-refractivity contribution in [2.75, 3.05) is 12.4 Å². The molecule has 0 rings (SSSR count). The zero-order valence-corrected chi connectivity index (χ0v) is 21.6. The second-order valence-corrected chi connectivity index (χ2v) is 9.50. The van der Waals surface area contributed by atoms with Crippen LogP contribution in [0.15, 0.2) is 0 Å². The average molecular weight is 415 g/mol. The number of hydrogen-bond donors (Lipinski definition) is 0. The molecular formula is C22H47NaO3S. The third kappa shape index (κ3) is 24.9. The molecule has 0 aromatic rings. The third-order valence-electron chi connectivity index (χ3n) is 5.01. The van der Waals surface area contributed by atoms with Crippen LogP contribution < -0.4 is 29.6 Å². The Hall–Kier alpha value is 0.910. The Balaban J connectivity index is -0.00000312. The van der Waals surface area contributed by atoms with E-state index in [0.29, 0.717) is 6.61 Å². The van der Waals surface area contributed by atoms with E-state index < -0.39 is 10.1 Å². The van der Waals surface area contributed by atoms with Crippen molar-refractivity contribution in [1.82, 2.24) is 0 Å². The van der Waals surface area contributed by atoms with Gasteiger partial charge in [0.2, 0.25) is 0 Å². The van der Waals surface area contributed by atoms with Gasteiger partial charge >= 0.3 is 29.6 Å². The van der Waals surface area contributed by atoms with Crippen molar-refractivity contribution >= 4 is 10.1 Å². The monoisotopic (exact) mass is 414 g/mol. The SMILES string of the molecule is CCCCCCCCCCCCCOS(=O)(=O)CCCCCCCCC.[H-].[Na+]. The Bertz CT molecular complexity index is 378. The molecule has 0 heterocycles. The molecule has 0 unspecified atom stereocenters. The Morgan fingerprint density at radius 2 is 0.889 bits per heavy atom. The molecule has 0 spiro atoms. The van der Waals surface area contributed by atoms with Crippen molar-refractivity contribution in [1.29, 1.82) is 0 Å². The van der Waals surface area contributed by atoms with Gasteiger partial charge in [-0.25, -0.2) is 0 Å². The van der Waals surface area contributed by atoms with Gasteiger partial charge in [-0.3, -0.25) is 4.18 Å². The fraction of sp³-hybridized carbons (Fsp3) is 1.00. The molecule has 0 aliphatic heterocycles. The molecule has 0 saturated heterocycles. The smallest absolute Gasteiger partial charge is 1.00 e. The second-order valence-electron chi connectivity index (χ2n) is 7.74. The summed E-state index contributed by atoms with van der Waals surface area (Å²) in [7, 11) is -3.29. The maximum Gasteiger partial charge on any atom is 1.00 e. The molecule has 160 valence electrons. The average Bonchev–Trinajstić information content (AvgIpc) is 2.62. The van der Waals surface area contributed by atoms with Crippen LogP contribution in [-0.4, -0.2) is 20.8 Å². The van der Waals surface area contributed by atoms with Crippen molar-refractivity contribution < 1.29 is 43.6 Å². The summed E-state index contributed by atoms with van der Waals surface area (Å²) in [5.74, 6) is 0.193. The van der Waals surface area contributed by atoms with Gasteiger partial charge in [0.1, 0.15) is 0 Å². The van der Waals surface area contributed by atoms with Crippen molar-refractivity contribution in [3.8, 4) is 0 Å². The summed E-state index contributed by atoms with van der Waals surface area (Å²) in [6, 6.07) is 0. The van der Waals surface area contributed by atoms with Crippen LogP contribution in [0.4, 0.5) is 0 Å². The first kappa shape index (κ1) is 30.1. The van der Waals surface area contributed by atoms with Gasteiger partial charge in [0.05, 0.1) is 12.4 Å². The van der Waals surface area contributed by atoms with E-state index >= 15 is 0 Å². The molecule has 0 fully saturated rings. The zero-order valence-electron chi connectivity index (χ0n) is 19.8. The Kier molecular flexibility index (Phi) is 25.9. The van der Waals surface area contributed by atoms with Gasteiger partial charge in [0.15, 0.2) is 0 Å². The van der Waals surface area contributed by atoms with Crippen molar-refractivity contribution in [2.45, 2.75) is 129 Å². The molecule has 0 N–H and O–H groups in total. The molecule has 0 atom stereocenters. The first-order chi connectivity index (χ1) is 12.6. The van der Waals surface area contributed by atoms with Gasteiger partial charge in [-0.2, -0.15) is 8.42 Å². The largest absolute Gasteiger partial charge is 1.00 e. The molecule has 0 bridgehead atoms. The summed E-state index contributed by atoms with van der Waals surface area (Å²) >= 11 is 0. The quantitative estimate of drug-likeness (QED) is 0.158. The van der Waals surface area contributed by atoms with Crippen LogP contribution in [0, 0.1) is 0 Å². The summed E-state index contributed by atoms with van der Waals surface area (Å²) in [6.07, 6.45) is 21.9. The molecule has 0 aliphatic rings. The van der Waals surface area contributed by atoms with Crippen LogP contribution in [0.5, 0.6) is 0 Å². The minimum atomic E-state index is -3.29. The maximum absolute atomic E-state index is 11.8. The fourth-order valence-electron chi connectivity index (χ4n) is 3.25. The van der Waals surface area contributed by atoms with Gasteiger partial charge in [-0.15, -0.1) is 0 Å². The Labute approximate surface area is 194 Å². The fourth-order valence-corrected chi connectivity index (χ4v) is 4.29. The molecule has 0 amide bonds. The zero-order chi connectivity index (χ0) is 19.3. The predicted molar refractivity (Wildman–Crippen MR) is 115 cm³/mol. The number of hydrogen-bond acceptors (Lipinski definition) is 3. The van der Waals surface area contributed by atoms with Gasteiger partial charge in [0.25, 0.3) is 10.1 Å². The molecule has 0 saturated carbocycles. The molecule has 27 heavy (non-hydrogen) atoms.